The van der Waals surface area contributed by atoms with Crippen molar-refractivity contribution in [3.05, 3.63) is 59.2 Å². The third-order valence-corrected chi connectivity index (χ3v) is 2.88. The summed E-state index contributed by atoms with van der Waals surface area (Å²) in [4.78, 5) is 12.3. The molecule has 0 aliphatic heterocycles. The van der Waals surface area contributed by atoms with Crippen LogP contribution in [-0.2, 0) is 0 Å². The zero-order valence-electron chi connectivity index (χ0n) is 11.0. The van der Waals surface area contributed by atoms with Crippen molar-refractivity contribution in [2.75, 3.05) is 6.61 Å². The maximum Gasteiger partial charge on any atom is 0.193 e. The topological polar surface area (TPSA) is 46.5 Å². The van der Waals surface area contributed by atoms with Crippen molar-refractivity contribution in [1.29, 1.82) is 0 Å². The van der Waals surface area contributed by atoms with Crippen molar-refractivity contribution in [3.63, 3.8) is 0 Å². The standard InChI is InChI=1S/C16H16O3/c1-3-19-14-7-4-12(5-8-14)16(18)15-9-6-13(17)10-11(15)2/h4-10,17H,3H2,1-2H3. The molecule has 0 saturated carbocycles. The molecule has 0 spiro atoms. The van der Waals surface area contributed by atoms with Crippen LogP contribution in [0.1, 0.15) is 28.4 Å². The van der Waals surface area contributed by atoms with E-state index in [1.165, 1.54) is 6.07 Å². The Morgan fingerprint density at radius 2 is 1.84 bits per heavy atom. The molecule has 0 unspecified atom stereocenters. The van der Waals surface area contributed by atoms with E-state index in [1.807, 2.05) is 13.8 Å². The van der Waals surface area contributed by atoms with Gasteiger partial charge in [0.15, 0.2) is 5.78 Å². The predicted octanol–water partition coefficient (Wildman–Crippen LogP) is 3.33. The molecule has 0 aromatic heterocycles. The molecule has 19 heavy (non-hydrogen) atoms. The minimum absolute atomic E-state index is 0.0550. The summed E-state index contributed by atoms with van der Waals surface area (Å²) in [6.07, 6.45) is 0. The van der Waals surface area contributed by atoms with Crippen molar-refractivity contribution in [2.45, 2.75) is 13.8 Å². The van der Waals surface area contributed by atoms with E-state index < -0.39 is 0 Å². The lowest BCUT2D eigenvalue weighted by Crippen LogP contribution is -2.03. The largest absolute Gasteiger partial charge is 0.508 e. The fourth-order valence-corrected chi connectivity index (χ4v) is 1.93. The molecule has 2 aromatic rings. The van der Waals surface area contributed by atoms with Gasteiger partial charge >= 0.3 is 0 Å². The maximum atomic E-state index is 12.3. The van der Waals surface area contributed by atoms with Gasteiger partial charge in [0.2, 0.25) is 0 Å². The van der Waals surface area contributed by atoms with Gasteiger partial charge in [0.25, 0.3) is 0 Å². The van der Waals surface area contributed by atoms with Gasteiger partial charge < -0.3 is 9.84 Å². The molecule has 0 heterocycles. The summed E-state index contributed by atoms with van der Waals surface area (Å²) in [5, 5.41) is 9.36. The van der Waals surface area contributed by atoms with E-state index in [9.17, 15) is 9.90 Å². The molecule has 0 bridgehead atoms. The molecule has 0 fully saturated rings. The van der Waals surface area contributed by atoms with Gasteiger partial charge in [0.05, 0.1) is 6.61 Å². The van der Waals surface area contributed by atoms with E-state index in [0.29, 0.717) is 17.7 Å². The Hall–Kier alpha value is -2.29. The number of phenolic OH excluding ortho intramolecular Hbond substituents is 1. The summed E-state index contributed by atoms with van der Waals surface area (Å²) in [6.45, 7) is 4.32. The van der Waals surface area contributed by atoms with Crippen LogP contribution in [0.3, 0.4) is 0 Å². The van der Waals surface area contributed by atoms with Crippen molar-refractivity contribution >= 4 is 5.78 Å². The average molecular weight is 256 g/mol. The molecular weight excluding hydrogens is 240 g/mol. The second-order valence-electron chi connectivity index (χ2n) is 4.29. The van der Waals surface area contributed by atoms with Gasteiger partial charge in [-0.2, -0.15) is 0 Å². The number of hydrogen-bond donors (Lipinski definition) is 1. The van der Waals surface area contributed by atoms with E-state index in [0.717, 1.165) is 11.3 Å². The Balaban J connectivity index is 2.28. The fourth-order valence-electron chi connectivity index (χ4n) is 1.93. The number of phenols is 1. The summed E-state index contributed by atoms with van der Waals surface area (Å²) in [7, 11) is 0. The first kappa shape index (κ1) is 13.1. The summed E-state index contributed by atoms with van der Waals surface area (Å²) in [5.74, 6) is 0.864. The molecule has 1 N–H and O–H groups in total. The normalized spacial score (nSPS) is 10.2. The number of carbonyl (C=O) groups is 1. The molecule has 0 amide bonds. The molecule has 2 rings (SSSR count). The second-order valence-corrected chi connectivity index (χ2v) is 4.29. The molecule has 0 atom stereocenters. The molecule has 0 radical (unpaired) electrons. The van der Waals surface area contributed by atoms with E-state index in [1.54, 1.807) is 36.4 Å². The number of ether oxygens (including phenoxy) is 1. The van der Waals surface area contributed by atoms with Crippen LogP contribution >= 0.6 is 0 Å². The Labute approximate surface area is 112 Å². The van der Waals surface area contributed by atoms with Crippen molar-refractivity contribution in [3.8, 4) is 11.5 Å². The Kier molecular flexibility index (Phi) is 3.85. The van der Waals surface area contributed by atoms with Crippen LogP contribution in [0.5, 0.6) is 11.5 Å². The van der Waals surface area contributed by atoms with Crippen LogP contribution in [0, 0.1) is 6.92 Å². The van der Waals surface area contributed by atoms with Crippen molar-refractivity contribution in [2.24, 2.45) is 0 Å². The number of benzene rings is 2. The molecule has 2 aromatic carbocycles. The van der Waals surface area contributed by atoms with Crippen LogP contribution < -0.4 is 4.74 Å². The van der Waals surface area contributed by atoms with E-state index in [2.05, 4.69) is 0 Å². The smallest absolute Gasteiger partial charge is 0.193 e. The highest BCUT2D eigenvalue weighted by atomic mass is 16.5. The fraction of sp³-hybridized carbons (Fsp3) is 0.188. The third-order valence-electron chi connectivity index (χ3n) is 2.88. The molecule has 3 heteroatoms. The van der Waals surface area contributed by atoms with Gasteiger partial charge in [-0.25, -0.2) is 0 Å². The number of rotatable bonds is 4. The molecule has 98 valence electrons. The molecule has 0 aliphatic carbocycles. The number of ketones is 1. The quantitative estimate of drug-likeness (QED) is 0.853. The minimum Gasteiger partial charge on any atom is -0.508 e. The molecule has 3 nitrogen and oxygen atoms in total. The zero-order valence-corrected chi connectivity index (χ0v) is 11.0. The van der Waals surface area contributed by atoms with Gasteiger partial charge in [-0.3, -0.25) is 4.79 Å². The van der Waals surface area contributed by atoms with E-state index in [4.69, 9.17) is 4.74 Å². The Morgan fingerprint density at radius 1 is 1.16 bits per heavy atom. The third kappa shape index (κ3) is 2.94. The highest BCUT2D eigenvalue weighted by Crippen LogP contribution is 2.20. The monoisotopic (exact) mass is 256 g/mol. The number of hydrogen-bond acceptors (Lipinski definition) is 3. The van der Waals surface area contributed by atoms with Gasteiger partial charge in [-0.05, 0) is 61.9 Å². The van der Waals surface area contributed by atoms with E-state index >= 15 is 0 Å². The lowest BCUT2D eigenvalue weighted by Gasteiger charge is -2.07. The summed E-state index contributed by atoms with van der Waals surface area (Å²) >= 11 is 0. The summed E-state index contributed by atoms with van der Waals surface area (Å²) in [5.41, 5.74) is 1.97. The van der Waals surface area contributed by atoms with Gasteiger partial charge in [-0.15, -0.1) is 0 Å². The molecular formula is C16H16O3. The molecule has 0 aliphatic rings. The van der Waals surface area contributed by atoms with Crippen LogP contribution in [-0.4, -0.2) is 17.5 Å². The SMILES string of the molecule is CCOc1ccc(C(=O)c2ccc(O)cc2C)cc1. The van der Waals surface area contributed by atoms with Crippen LogP contribution in [0.25, 0.3) is 0 Å². The lowest BCUT2D eigenvalue weighted by atomic mass is 9.99. The van der Waals surface area contributed by atoms with E-state index in [-0.39, 0.29) is 11.5 Å². The first-order chi connectivity index (χ1) is 9.11. The summed E-state index contributed by atoms with van der Waals surface area (Å²) < 4.78 is 5.34. The zero-order chi connectivity index (χ0) is 13.8. The highest BCUT2D eigenvalue weighted by Gasteiger charge is 2.12. The lowest BCUT2D eigenvalue weighted by molar-refractivity contribution is 0.103. The number of carbonyl (C=O) groups excluding carboxylic acids is 1. The van der Waals surface area contributed by atoms with Crippen molar-refractivity contribution < 1.29 is 14.6 Å². The van der Waals surface area contributed by atoms with Crippen LogP contribution in [0.15, 0.2) is 42.5 Å². The Morgan fingerprint density at radius 3 is 2.42 bits per heavy atom. The number of aromatic hydroxyl groups is 1. The summed E-state index contributed by atoms with van der Waals surface area (Å²) in [6, 6.07) is 11.8. The van der Waals surface area contributed by atoms with Crippen molar-refractivity contribution in [1.82, 2.24) is 0 Å². The van der Waals surface area contributed by atoms with Crippen LogP contribution in [0.4, 0.5) is 0 Å². The number of aryl methyl sites for hydroxylation is 1. The van der Waals surface area contributed by atoms with Gasteiger partial charge in [-0.1, -0.05) is 0 Å². The first-order valence-electron chi connectivity index (χ1n) is 6.19. The molecule has 0 saturated heterocycles. The Bertz CT molecular complexity index is 585. The average Bonchev–Trinajstić information content (AvgIpc) is 2.39. The van der Waals surface area contributed by atoms with Crippen LogP contribution in [0.2, 0.25) is 0 Å². The van der Waals surface area contributed by atoms with Gasteiger partial charge in [0, 0.05) is 11.1 Å². The highest BCUT2D eigenvalue weighted by molar-refractivity contribution is 6.10. The predicted molar refractivity (Wildman–Crippen MR) is 73.9 cm³/mol. The maximum absolute atomic E-state index is 12.3. The minimum atomic E-state index is -0.0550. The first-order valence-corrected chi connectivity index (χ1v) is 6.19. The van der Waals surface area contributed by atoms with Gasteiger partial charge in [0.1, 0.15) is 11.5 Å². The second kappa shape index (κ2) is 5.57.